The van der Waals surface area contributed by atoms with E-state index in [0.29, 0.717) is 0 Å². The maximum Gasteiger partial charge on any atom is 0.136 e. The molecule has 9 rings (SSSR count). The van der Waals surface area contributed by atoms with Crippen LogP contribution < -0.4 is 0 Å². The minimum atomic E-state index is -0.0682. The third-order valence-corrected chi connectivity index (χ3v) is 11.4. The first-order valence-corrected chi connectivity index (χ1v) is 18.8. The monoisotopic (exact) mass is 686 g/mol. The molecular weight excluding hydrogens is 637 g/mol. The lowest BCUT2D eigenvalue weighted by Crippen LogP contribution is -2.11. The van der Waals surface area contributed by atoms with Crippen molar-refractivity contribution in [2.24, 2.45) is 0 Å². The van der Waals surface area contributed by atoms with Gasteiger partial charge < -0.3 is 18.8 Å². The van der Waals surface area contributed by atoms with E-state index in [-0.39, 0.29) is 21.7 Å². The first kappa shape index (κ1) is 32.9. The van der Waals surface area contributed by atoms with Crippen LogP contribution in [0, 0.1) is 0 Å². The molecule has 264 valence electrons. The standard InChI is InChI=1S/C48H50N2O2/c1-45(2,3)25-17-29-30-18-26(46(4,5)6)22-34-39-15-16-40(52-39)36-24-28(48(10,11)12)20-32-31-19-27(47(7,8)9)23-35(43(31)50-44(32)36)38-14-13-37(51-38)33(21-25)41(29)49-42(30)34/h13-24,49-50H,1-12H3. The van der Waals surface area contributed by atoms with E-state index in [1.165, 1.54) is 43.8 Å². The molecule has 4 nitrogen and oxygen atoms in total. The molecule has 0 radical (unpaired) electrons. The van der Waals surface area contributed by atoms with Crippen molar-refractivity contribution in [3.8, 4) is 0 Å². The number of nitrogens with one attached hydrogen (secondary N) is 2. The van der Waals surface area contributed by atoms with Crippen molar-refractivity contribution >= 4 is 87.5 Å². The molecule has 4 heteroatoms. The van der Waals surface area contributed by atoms with Gasteiger partial charge in [-0.05, 0) is 117 Å². The third-order valence-electron chi connectivity index (χ3n) is 11.4. The summed E-state index contributed by atoms with van der Waals surface area (Å²) in [5, 5.41) is 9.06. The van der Waals surface area contributed by atoms with Gasteiger partial charge in [-0.25, -0.2) is 0 Å². The number of aromatic amines is 2. The molecule has 52 heavy (non-hydrogen) atoms. The van der Waals surface area contributed by atoms with E-state index in [4.69, 9.17) is 8.83 Å². The van der Waals surface area contributed by atoms with Crippen molar-refractivity contribution in [1.29, 1.82) is 0 Å². The maximum absolute atomic E-state index is 7.02. The Morgan fingerprint density at radius 2 is 0.500 bits per heavy atom. The molecule has 0 amide bonds. The number of hydrogen-bond acceptors (Lipinski definition) is 2. The average Bonchev–Trinajstić information content (AvgIpc) is 3.85. The zero-order valence-corrected chi connectivity index (χ0v) is 32.7. The molecule has 0 aliphatic heterocycles. The Balaban J connectivity index is 1.61. The summed E-state index contributed by atoms with van der Waals surface area (Å²) in [6, 6.07) is 27.4. The highest BCUT2D eigenvalue weighted by molar-refractivity contribution is 6.23. The fraction of sp³-hybridized carbons (Fsp3) is 0.333. The predicted octanol–water partition coefficient (Wildman–Crippen LogP) is 14.5. The number of aromatic nitrogens is 2. The Kier molecular flexibility index (Phi) is 6.54. The SMILES string of the molecule is CC(C)(C)c1cc2c3ccc(o3)c3cc(C(C)(C)C)cc4c5cc(C(C)(C)C)cc(c6ccc(o6)c6cc(C(C)(C)C)cc7c(c1)c2[nH]c67)c5[nH]c34. The van der Waals surface area contributed by atoms with Crippen molar-refractivity contribution < 1.29 is 8.83 Å². The molecule has 0 aliphatic rings. The van der Waals surface area contributed by atoms with Crippen LogP contribution in [-0.2, 0) is 21.7 Å². The number of fused-ring (bicyclic) bond motifs is 10. The van der Waals surface area contributed by atoms with Gasteiger partial charge in [0.1, 0.15) is 22.3 Å². The van der Waals surface area contributed by atoms with Crippen molar-refractivity contribution in [3.63, 3.8) is 0 Å². The van der Waals surface area contributed by atoms with Crippen LogP contribution in [0.5, 0.6) is 0 Å². The molecule has 9 aromatic rings. The predicted molar refractivity (Wildman–Crippen MR) is 223 cm³/mol. The summed E-state index contributed by atoms with van der Waals surface area (Å²) in [5.41, 5.74) is 12.5. The van der Waals surface area contributed by atoms with Crippen LogP contribution in [0.3, 0.4) is 0 Å². The summed E-state index contributed by atoms with van der Waals surface area (Å²) in [5.74, 6) is 0. The zero-order chi connectivity index (χ0) is 36.9. The molecular formula is C48H50N2O2. The van der Waals surface area contributed by atoms with Crippen LogP contribution in [-0.4, -0.2) is 9.97 Å². The van der Waals surface area contributed by atoms with Crippen LogP contribution in [0.4, 0.5) is 0 Å². The number of H-pyrrole nitrogens is 2. The Labute approximate surface area is 305 Å². The van der Waals surface area contributed by atoms with E-state index >= 15 is 0 Å². The van der Waals surface area contributed by atoms with E-state index in [1.807, 2.05) is 0 Å². The molecule has 0 unspecified atom stereocenters. The van der Waals surface area contributed by atoms with E-state index in [9.17, 15) is 0 Å². The van der Waals surface area contributed by atoms with Crippen molar-refractivity contribution in [2.45, 2.75) is 105 Å². The first-order valence-electron chi connectivity index (χ1n) is 18.8. The molecule has 0 saturated carbocycles. The van der Waals surface area contributed by atoms with Crippen molar-refractivity contribution in [3.05, 3.63) is 95.1 Å². The first-order chi connectivity index (χ1) is 24.3. The number of benzene rings is 4. The summed E-state index contributed by atoms with van der Waals surface area (Å²) in [4.78, 5) is 7.85. The molecule has 4 aromatic carbocycles. The minimum absolute atomic E-state index is 0.0682. The summed E-state index contributed by atoms with van der Waals surface area (Å²) in [7, 11) is 0. The van der Waals surface area contributed by atoms with E-state index in [1.54, 1.807) is 0 Å². The third kappa shape index (κ3) is 4.94. The highest BCUT2D eigenvalue weighted by Crippen LogP contribution is 2.43. The van der Waals surface area contributed by atoms with Crippen LogP contribution in [0.25, 0.3) is 87.5 Å². The summed E-state index contributed by atoms with van der Waals surface area (Å²) < 4.78 is 14.0. The van der Waals surface area contributed by atoms with Gasteiger partial charge in [0.15, 0.2) is 0 Å². The van der Waals surface area contributed by atoms with E-state index in [0.717, 1.165) is 65.9 Å². The van der Waals surface area contributed by atoms with Crippen LogP contribution >= 0.6 is 0 Å². The normalized spacial score (nSPS) is 13.8. The van der Waals surface area contributed by atoms with Gasteiger partial charge >= 0.3 is 0 Å². The second-order valence-electron chi connectivity index (χ2n) is 19.4. The molecule has 5 aromatic heterocycles. The van der Waals surface area contributed by atoms with Gasteiger partial charge in [0.2, 0.25) is 0 Å². The fourth-order valence-corrected chi connectivity index (χ4v) is 7.97. The van der Waals surface area contributed by atoms with Crippen LogP contribution in [0.1, 0.15) is 105 Å². The summed E-state index contributed by atoms with van der Waals surface area (Å²) >= 11 is 0. The topological polar surface area (TPSA) is 57.9 Å². The minimum Gasteiger partial charge on any atom is -0.456 e. The lowest BCUT2D eigenvalue weighted by Gasteiger charge is -2.20. The molecule has 0 atom stereocenters. The zero-order valence-electron chi connectivity index (χ0n) is 32.7. The lowest BCUT2D eigenvalue weighted by atomic mass is 9.84. The van der Waals surface area contributed by atoms with Gasteiger partial charge in [0.05, 0.1) is 22.1 Å². The Bertz CT molecular complexity index is 2580. The highest BCUT2D eigenvalue weighted by atomic mass is 16.3. The molecule has 2 N–H and O–H groups in total. The van der Waals surface area contributed by atoms with Crippen LogP contribution in [0.15, 0.2) is 81.6 Å². The van der Waals surface area contributed by atoms with Crippen molar-refractivity contribution in [1.82, 2.24) is 9.97 Å². The molecule has 0 saturated heterocycles. The molecule has 0 fully saturated rings. The van der Waals surface area contributed by atoms with Gasteiger partial charge in [-0.15, -0.1) is 0 Å². The second-order valence-corrected chi connectivity index (χ2v) is 19.4. The Morgan fingerprint density at radius 1 is 0.308 bits per heavy atom. The summed E-state index contributed by atoms with van der Waals surface area (Å²) in [6.45, 7) is 27.5. The van der Waals surface area contributed by atoms with E-state index in [2.05, 4.69) is 166 Å². The quantitative estimate of drug-likeness (QED) is 0.167. The Hall–Kier alpha value is -4.96. The van der Waals surface area contributed by atoms with Gasteiger partial charge in [0.25, 0.3) is 0 Å². The highest BCUT2D eigenvalue weighted by Gasteiger charge is 2.25. The lowest BCUT2D eigenvalue weighted by molar-refractivity contribution is 0.590. The molecule has 0 aliphatic carbocycles. The number of hydrogen-bond donors (Lipinski definition) is 2. The number of rotatable bonds is 0. The smallest absolute Gasteiger partial charge is 0.136 e. The largest absolute Gasteiger partial charge is 0.456 e. The maximum atomic E-state index is 7.02. The van der Waals surface area contributed by atoms with Gasteiger partial charge in [0, 0.05) is 43.1 Å². The second kappa shape index (κ2) is 10.3. The molecule has 8 bridgehead atoms. The summed E-state index contributed by atoms with van der Waals surface area (Å²) in [6.07, 6.45) is 0. The van der Waals surface area contributed by atoms with Crippen molar-refractivity contribution in [2.75, 3.05) is 0 Å². The van der Waals surface area contributed by atoms with Crippen LogP contribution in [0.2, 0.25) is 0 Å². The molecule has 5 heterocycles. The van der Waals surface area contributed by atoms with Gasteiger partial charge in [-0.1, -0.05) is 83.1 Å². The Morgan fingerprint density at radius 3 is 0.692 bits per heavy atom. The van der Waals surface area contributed by atoms with E-state index < -0.39 is 0 Å². The fourth-order valence-electron chi connectivity index (χ4n) is 7.97. The number of furan rings is 2. The molecule has 0 spiro atoms. The van der Waals surface area contributed by atoms with Gasteiger partial charge in [-0.3, -0.25) is 0 Å². The average molecular weight is 687 g/mol. The van der Waals surface area contributed by atoms with Gasteiger partial charge in [-0.2, -0.15) is 0 Å².